The first-order chi connectivity index (χ1) is 7.74. The number of rotatable bonds is 4. The first-order valence-corrected chi connectivity index (χ1v) is 5.79. The van der Waals surface area contributed by atoms with Crippen LogP contribution in [-0.4, -0.2) is 16.6 Å². The number of hydrogen-bond acceptors (Lipinski definition) is 5. The minimum Gasteiger partial charge on any atom is -0.508 e. The molecular formula is C11H13N3OS. The molecule has 4 nitrogen and oxygen atoms in total. The Kier molecular flexibility index (Phi) is 3.26. The zero-order chi connectivity index (χ0) is 11.4. The summed E-state index contributed by atoms with van der Waals surface area (Å²) in [6.07, 6.45) is 2.54. The van der Waals surface area contributed by atoms with Crippen molar-refractivity contribution in [2.24, 2.45) is 0 Å². The van der Waals surface area contributed by atoms with Gasteiger partial charge in [-0.15, -0.1) is 0 Å². The van der Waals surface area contributed by atoms with Gasteiger partial charge in [0.25, 0.3) is 0 Å². The van der Waals surface area contributed by atoms with Crippen LogP contribution in [0.15, 0.2) is 30.5 Å². The van der Waals surface area contributed by atoms with Gasteiger partial charge < -0.3 is 16.2 Å². The molecule has 0 atom stereocenters. The lowest BCUT2D eigenvalue weighted by molar-refractivity contribution is 0.475. The van der Waals surface area contributed by atoms with Crippen LogP contribution in [-0.2, 0) is 6.42 Å². The smallest absolute Gasteiger partial charge is 0.184 e. The van der Waals surface area contributed by atoms with Gasteiger partial charge in [0.15, 0.2) is 5.13 Å². The van der Waals surface area contributed by atoms with Crippen molar-refractivity contribution in [1.29, 1.82) is 0 Å². The van der Waals surface area contributed by atoms with E-state index in [9.17, 15) is 0 Å². The average Bonchev–Trinajstić information content (AvgIpc) is 2.67. The molecule has 0 saturated heterocycles. The zero-order valence-electron chi connectivity index (χ0n) is 8.68. The Labute approximate surface area is 97.8 Å². The highest BCUT2D eigenvalue weighted by Crippen LogP contribution is 2.19. The molecule has 0 spiro atoms. The number of phenols is 1. The van der Waals surface area contributed by atoms with Crippen LogP contribution in [0.25, 0.3) is 0 Å². The fraction of sp³-hybridized carbons (Fsp3) is 0.182. The summed E-state index contributed by atoms with van der Waals surface area (Å²) >= 11 is 1.44. The molecule has 0 aliphatic heterocycles. The third-order valence-electron chi connectivity index (χ3n) is 2.15. The quantitative estimate of drug-likeness (QED) is 0.758. The van der Waals surface area contributed by atoms with Gasteiger partial charge in [-0.2, -0.15) is 0 Å². The van der Waals surface area contributed by atoms with E-state index in [0.717, 1.165) is 18.1 Å². The van der Waals surface area contributed by atoms with Gasteiger partial charge in [0, 0.05) is 6.54 Å². The molecule has 2 aromatic rings. The van der Waals surface area contributed by atoms with Crippen molar-refractivity contribution < 1.29 is 5.11 Å². The highest BCUT2D eigenvalue weighted by molar-refractivity contribution is 7.19. The SMILES string of the molecule is Nc1cnc(NCCc2ccc(O)cc2)s1. The molecule has 0 saturated carbocycles. The van der Waals surface area contributed by atoms with Crippen LogP contribution in [0.5, 0.6) is 5.75 Å². The fourth-order valence-electron chi connectivity index (χ4n) is 1.34. The van der Waals surface area contributed by atoms with E-state index in [0.29, 0.717) is 10.8 Å². The van der Waals surface area contributed by atoms with Crippen LogP contribution >= 0.6 is 11.3 Å². The largest absolute Gasteiger partial charge is 0.508 e. The molecule has 4 N–H and O–H groups in total. The second-order valence-electron chi connectivity index (χ2n) is 3.41. The first-order valence-electron chi connectivity index (χ1n) is 4.97. The number of benzene rings is 1. The molecule has 0 bridgehead atoms. The molecule has 1 heterocycles. The van der Waals surface area contributed by atoms with Gasteiger partial charge in [0.2, 0.25) is 0 Å². The van der Waals surface area contributed by atoms with Crippen LogP contribution < -0.4 is 11.1 Å². The van der Waals surface area contributed by atoms with Gasteiger partial charge in [-0.3, -0.25) is 0 Å². The molecule has 2 rings (SSSR count). The molecule has 0 amide bonds. The number of nitrogens with two attached hydrogens (primary N) is 1. The summed E-state index contributed by atoms with van der Waals surface area (Å²) in [6, 6.07) is 7.20. The molecule has 0 fully saturated rings. The molecule has 0 aliphatic carbocycles. The number of nitrogens with zero attached hydrogens (tertiary/aromatic N) is 1. The molecule has 0 radical (unpaired) electrons. The third-order valence-corrected chi connectivity index (χ3v) is 2.93. The summed E-state index contributed by atoms with van der Waals surface area (Å²) in [6.45, 7) is 0.803. The van der Waals surface area contributed by atoms with Crippen molar-refractivity contribution in [2.75, 3.05) is 17.6 Å². The number of anilines is 2. The van der Waals surface area contributed by atoms with Gasteiger partial charge in [0.05, 0.1) is 6.20 Å². The Morgan fingerprint density at radius 3 is 2.69 bits per heavy atom. The number of aromatic hydroxyl groups is 1. The number of thiazole rings is 1. The lowest BCUT2D eigenvalue weighted by atomic mass is 10.1. The molecule has 0 unspecified atom stereocenters. The summed E-state index contributed by atoms with van der Waals surface area (Å²) in [5.41, 5.74) is 6.74. The fourth-order valence-corrected chi connectivity index (χ4v) is 1.95. The Balaban J connectivity index is 1.82. The predicted molar refractivity (Wildman–Crippen MR) is 66.8 cm³/mol. The molecule has 0 aliphatic rings. The molecule has 5 heteroatoms. The van der Waals surface area contributed by atoms with Crippen LogP contribution in [0.2, 0.25) is 0 Å². The lowest BCUT2D eigenvalue weighted by Crippen LogP contribution is -2.04. The number of nitrogens with one attached hydrogen (secondary N) is 1. The highest BCUT2D eigenvalue weighted by atomic mass is 32.1. The lowest BCUT2D eigenvalue weighted by Gasteiger charge is -2.02. The van der Waals surface area contributed by atoms with Crippen molar-refractivity contribution in [3.8, 4) is 5.75 Å². The Morgan fingerprint density at radius 1 is 1.31 bits per heavy atom. The van der Waals surface area contributed by atoms with E-state index >= 15 is 0 Å². The number of nitrogen functional groups attached to an aromatic ring is 1. The minimum absolute atomic E-state index is 0.296. The molecule has 1 aromatic heterocycles. The Bertz CT molecular complexity index is 453. The third kappa shape index (κ3) is 2.87. The Hall–Kier alpha value is -1.75. The number of hydrogen-bond donors (Lipinski definition) is 3. The molecule has 84 valence electrons. The second kappa shape index (κ2) is 4.85. The zero-order valence-corrected chi connectivity index (χ0v) is 9.50. The summed E-state index contributed by atoms with van der Waals surface area (Å²) in [5.74, 6) is 0.296. The Morgan fingerprint density at radius 2 is 2.06 bits per heavy atom. The van der Waals surface area contributed by atoms with Gasteiger partial charge in [-0.05, 0) is 24.1 Å². The van der Waals surface area contributed by atoms with Crippen molar-refractivity contribution in [3.05, 3.63) is 36.0 Å². The predicted octanol–water partition coefficient (Wildman–Crippen LogP) is 2.09. The molecular weight excluding hydrogens is 222 g/mol. The first kappa shape index (κ1) is 10.8. The highest BCUT2D eigenvalue weighted by Gasteiger charge is 1.98. The van der Waals surface area contributed by atoms with E-state index in [-0.39, 0.29) is 0 Å². The monoisotopic (exact) mass is 235 g/mol. The van der Waals surface area contributed by atoms with E-state index in [4.69, 9.17) is 10.8 Å². The number of aromatic nitrogens is 1. The number of phenolic OH excluding ortho intramolecular Hbond substituents is 1. The van der Waals surface area contributed by atoms with Crippen LogP contribution in [0.4, 0.5) is 10.1 Å². The van der Waals surface area contributed by atoms with E-state index < -0.39 is 0 Å². The maximum Gasteiger partial charge on any atom is 0.184 e. The minimum atomic E-state index is 0.296. The summed E-state index contributed by atoms with van der Waals surface area (Å²) in [4.78, 5) is 4.10. The topological polar surface area (TPSA) is 71.2 Å². The summed E-state index contributed by atoms with van der Waals surface area (Å²) in [5, 5.41) is 13.9. The maximum absolute atomic E-state index is 9.13. The van der Waals surface area contributed by atoms with E-state index in [1.807, 2.05) is 12.1 Å². The van der Waals surface area contributed by atoms with Crippen molar-refractivity contribution in [2.45, 2.75) is 6.42 Å². The van der Waals surface area contributed by atoms with Crippen molar-refractivity contribution in [3.63, 3.8) is 0 Å². The van der Waals surface area contributed by atoms with Crippen LogP contribution in [0, 0.1) is 0 Å². The van der Waals surface area contributed by atoms with Gasteiger partial charge in [-0.25, -0.2) is 4.98 Å². The summed E-state index contributed by atoms with van der Waals surface area (Å²) < 4.78 is 0. The molecule has 1 aromatic carbocycles. The van der Waals surface area contributed by atoms with E-state index in [1.165, 1.54) is 16.9 Å². The maximum atomic E-state index is 9.13. The van der Waals surface area contributed by atoms with Gasteiger partial charge in [0.1, 0.15) is 10.8 Å². The van der Waals surface area contributed by atoms with Gasteiger partial charge in [-0.1, -0.05) is 23.5 Å². The standard InChI is InChI=1S/C11H13N3OS/c12-10-7-14-11(16-10)13-6-5-8-1-3-9(15)4-2-8/h1-4,7,15H,5-6,12H2,(H,13,14). The van der Waals surface area contributed by atoms with Crippen LogP contribution in [0.1, 0.15) is 5.56 Å². The van der Waals surface area contributed by atoms with Gasteiger partial charge >= 0.3 is 0 Å². The van der Waals surface area contributed by atoms with Crippen LogP contribution in [0.3, 0.4) is 0 Å². The molecule has 16 heavy (non-hydrogen) atoms. The van der Waals surface area contributed by atoms with Crippen molar-refractivity contribution >= 4 is 21.5 Å². The van der Waals surface area contributed by atoms with E-state index in [2.05, 4.69) is 10.3 Å². The summed E-state index contributed by atoms with van der Waals surface area (Å²) in [7, 11) is 0. The van der Waals surface area contributed by atoms with Crippen molar-refractivity contribution in [1.82, 2.24) is 4.98 Å². The second-order valence-corrected chi connectivity index (χ2v) is 4.47. The normalized spacial score (nSPS) is 10.2. The van der Waals surface area contributed by atoms with E-state index in [1.54, 1.807) is 18.3 Å². The average molecular weight is 235 g/mol.